The average Bonchev–Trinajstić information content (AvgIpc) is 3.56. The molecule has 0 N–H and O–H groups in total. The highest BCUT2D eigenvalue weighted by Gasteiger charge is 2.36. The van der Waals surface area contributed by atoms with Gasteiger partial charge in [-0.15, -0.1) is 0 Å². The zero-order valence-corrected chi connectivity index (χ0v) is 18.9. The number of halogens is 2. The molecule has 0 nitrogen and oxygen atoms in total. The molecule has 0 amide bonds. The second-order valence-electron chi connectivity index (χ2n) is 10.8. The van der Waals surface area contributed by atoms with Crippen molar-refractivity contribution in [2.24, 2.45) is 29.6 Å². The molecule has 0 aliphatic heterocycles. The lowest BCUT2D eigenvalue weighted by Gasteiger charge is -2.38. The van der Waals surface area contributed by atoms with Crippen molar-refractivity contribution >= 4 is 5.57 Å². The van der Waals surface area contributed by atoms with Gasteiger partial charge < -0.3 is 0 Å². The highest BCUT2D eigenvalue weighted by Crippen LogP contribution is 2.48. The van der Waals surface area contributed by atoms with Gasteiger partial charge in [0.05, 0.1) is 0 Å². The summed E-state index contributed by atoms with van der Waals surface area (Å²) in [6, 6.07) is 2.99. The predicted octanol–water partition coefficient (Wildman–Crippen LogP) is 8.73. The molecule has 0 atom stereocenters. The van der Waals surface area contributed by atoms with E-state index in [9.17, 15) is 8.78 Å². The topological polar surface area (TPSA) is 0 Å². The van der Waals surface area contributed by atoms with Crippen molar-refractivity contribution in [3.63, 3.8) is 0 Å². The van der Waals surface area contributed by atoms with E-state index in [1.807, 2.05) is 0 Å². The number of rotatable bonds is 8. The zero-order chi connectivity index (χ0) is 21.1. The largest absolute Gasteiger partial charge is 0.206 e. The lowest BCUT2D eigenvalue weighted by molar-refractivity contribution is 0.137. The molecule has 4 rings (SSSR count). The van der Waals surface area contributed by atoms with Gasteiger partial charge in [0.2, 0.25) is 0 Å². The molecule has 0 radical (unpaired) electrons. The van der Waals surface area contributed by atoms with Crippen LogP contribution in [0.3, 0.4) is 0 Å². The molecule has 0 aromatic heterocycles. The Kier molecular flexibility index (Phi) is 7.32. The van der Waals surface area contributed by atoms with Crippen LogP contribution in [0.25, 0.3) is 5.57 Å². The summed E-state index contributed by atoms with van der Waals surface area (Å²) in [6.45, 7) is 5.32. The maximum Gasteiger partial charge on any atom is 0.133 e. The molecule has 30 heavy (non-hydrogen) atoms. The van der Waals surface area contributed by atoms with Crippen LogP contribution in [0.2, 0.25) is 0 Å². The van der Waals surface area contributed by atoms with E-state index in [2.05, 4.69) is 6.58 Å². The number of hydrogen-bond acceptors (Lipinski definition) is 0. The first-order valence-electron chi connectivity index (χ1n) is 12.6. The summed E-state index contributed by atoms with van der Waals surface area (Å²) < 4.78 is 28.2. The first-order chi connectivity index (χ1) is 14.5. The Morgan fingerprint density at radius 1 is 0.767 bits per heavy atom. The maximum absolute atomic E-state index is 14.1. The van der Waals surface area contributed by atoms with Gasteiger partial charge in [-0.25, -0.2) is 8.78 Å². The van der Waals surface area contributed by atoms with Crippen LogP contribution in [0.4, 0.5) is 8.78 Å². The normalized spacial score (nSPS) is 29.7. The Bertz CT molecular complexity index is 693. The van der Waals surface area contributed by atoms with E-state index >= 15 is 0 Å². The van der Waals surface area contributed by atoms with E-state index in [-0.39, 0.29) is 5.56 Å². The summed E-state index contributed by atoms with van der Waals surface area (Å²) in [5.41, 5.74) is 1.26. The molecular formula is C28H40F2. The first-order valence-corrected chi connectivity index (χ1v) is 12.6. The SMILES string of the molecule is C=C(C)c1c(F)cc(CCCCC2CCC(C3CCC(C4CC4)CC3)CC2)cc1F. The van der Waals surface area contributed by atoms with Crippen LogP contribution >= 0.6 is 0 Å². The van der Waals surface area contributed by atoms with E-state index in [1.54, 1.807) is 6.92 Å². The molecule has 0 unspecified atom stereocenters. The summed E-state index contributed by atoms with van der Waals surface area (Å²) in [4.78, 5) is 0. The van der Waals surface area contributed by atoms with Crippen molar-refractivity contribution < 1.29 is 8.78 Å². The Morgan fingerprint density at radius 3 is 1.63 bits per heavy atom. The minimum atomic E-state index is -0.470. The van der Waals surface area contributed by atoms with Crippen molar-refractivity contribution in [3.05, 3.63) is 41.5 Å². The molecule has 1 aromatic carbocycles. The number of unbranched alkanes of at least 4 members (excludes halogenated alkanes) is 1. The molecule has 3 aliphatic rings. The van der Waals surface area contributed by atoms with Crippen LogP contribution in [0.1, 0.15) is 102 Å². The van der Waals surface area contributed by atoms with Crippen LogP contribution in [-0.2, 0) is 6.42 Å². The van der Waals surface area contributed by atoms with Gasteiger partial charge in [0.15, 0.2) is 0 Å². The third-order valence-corrected chi connectivity index (χ3v) is 8.52. The fourth-order valence-electron chi connectivity index (χ4n) is 6.54. The maximum atomic E-state index is 14.1. The lowest BCUT2D eigenvalue weighted by Crippen LogP contribution is -2.26. The van der Waals surface area contributed by atoms with Crippen LogP contribution < -0.4 is 0 Å². The van der Waals surface area contributed by atoms with Gasteiger partial charge in [-0.1, -0.05) is 32.3 Å². The molecule has 3 fully saturated rings. The third-order valence-electron chi connectivity index (χ3n) is 8.52. The highest BCUT2D eigenvalue weighted by molar-refractivity contribution is 5.62. The molecule has 1 aromatic rings. The van der Waals surface area contributed by atoms with Crippen LogP contribution in [0.15, 0.2) is 18.7 Å². The summed E-state index contributed by atoms with van der Waals surface area (Å²) in [7, 11) is 0. The highest BCUT2D eigenvalue weighted by atomic mass is 19.1. The predicted molar refractivity (Wildman–Crippen MR) is 122 cm³/mol. The van der Waals surface area contributed by atoms with Crippen molar-refractivity contribution in [2.75, 3.05) is 0 Å². The minimum absolute atomic E-state index is 0.0385. The molecule has 2 heteroatoms. The zero-order valence-electron chi connectivity index (χ0n) is 18.9. The van der Waals surface area contributed by atoms with Gasteiger partial charge >= 0.3 is 0 Å². The van der Waals surface area contributed by atoms with Crippen LogP contribution in [0.5, 0.6) is 0 Å². The second-order valence-corrected chi connectivity index (χ2v) is 10.8. The van der Waals surface area contributed by atoms with Crippen LogP contribution in [0, 0.1) is 41.2 Å². The molecule has 3 aliphatic carbocycles. The quantitative estimate of drug-likeness (QED) is 0.373. The number of benzene rings is 1. The molecule has 0 heterocycles. The third kappa shape index (κ3) is 5.54. The summed E-state index contributed by atoms with van der Waals surface area (Å²) in [5.74, 6) is 4.15. The van der Waals surface area contributed by atoms with Crippen molar-refractivity contribution in [3.8, 4) is 0 Å². The molecule has 0 spiro atoms. The Morgan fingerprint density at radius 2 is 1.20 bits per heavy atom. The molecule has 3 saturated carbocycles. The average molecular weight is 415 g/mol. The van der Waals surface area contributed by atoms with E-state index in [0.29, 0.717) is 5.57 Å². The number of hydrogen-bond donors (Lipinski definition) is 0. The molecular weight excluding hydrogens is 374 g/mol. The number of allylic oxidation sites excluding steroid dienone is 1. The van der Waals surface area contributed by atoms with Crippen molar-refractivity contribution in [1.82, 2.24) is 0 Å². The molecule has 166 valence electrons. The summed E-state index contributed by atoms with van der Waals surface area (Å²) in [5, 5.41) is 0. The smallest absolute Gasteiger partial charge is 0.133 e. The van der Waals surface area contributed by atoms with E-state index < -0.39 is 11.6 Å². The summed E-state index contributed by atoms with van der Waals surface area (Å²) >= 11 is 0. The number of aryl methyl sites for hydroxylation is 1. The second kappa shape index (κ2) is 9.96. The van der Waals surface area contributed by atoms with Crippen molar-refractivity contribution in [2.45, 2.75) is 96.8 Å². The van der Waals surface area contributed by atoms with Gasteiger partial charge in [-0.3, -0.25) is 0 Å². The fourth-order valence-corrected chi connectivity index (χ4v) is 6.54. The van der Waals surface area contributed by atoms with Gasteiger partial charge in [-0.2, -0.15) is 0 Å². The van der Waals surface area contributed by atoms with Gasteiger partial charge in [0, 0.05) is 5.56 Å². The van der Waals surface area contributed by atoms with Gasteiger partial charge in [-0.05, 0) is 124 Å². The molecule has 0 bridgehead atoms. The van der Waals surface area contributed by atoms with E-state index in [0.717, 1.165) is 48.0 Å². The summed E-state index contributed by atoms with van der Waals surface area (Å²) in [6.07, 6.45) is 19.0. The van der Waals surface area contributed by atoms with Gasteiger partial charge in [0.1, 0.15) is 11.6 Å². The Balaban J connectivity index is 1.13. The van der Waals surface area contributed by atoms with E-state index in [1.165, 1.54) is 89.2 Å². The van der Waals surface area contributed by atoms with Gasteiger partial charge in [0.25, 0.3) is 0 Å². The molecule has 0 saturated heterocycles. The monoisotopic (exact) mass is 414 g/mol. The first kappa shape index (κ1) is 22.0. The minimum Gasteiger partial charge on any atom is -0.206 e. The Hall–Kier alpha value is -1.18. The Labute approximate surface area is 182 Å². The van der Waals surface area contributed by atoms with Crippen LogP contribution in [-0.4, -0.2) is 0 Å². The van der Waals surface area contributed by atoms with E-state index in [4.69, 9.17) is 0 Å². The van der Waals surface area contributed by atoms with Crippen molar-refractivity contribution in [1.29, 1.82) is 0 Å². The standard InChI is InChI=1S/C28H40F2/c1-19(2)28-26(29)17-21(18-27(28)30)6-4-3-5-20-7-9-22(10-8-20)23-11-13-24(14-12-23)25-15-16-25/h17-18,20,22-25H,1,3-16H2,2H3. The fraction of sp³-hybridized carbons (Fsp3) is 0.714. The lowest BCUT2D eigenvalue weighted by atomic mass is 9.68.